The summed E-state index contributed by atoms with van der Waals surface area (Å²) in [6, 6.07) is 46.0. The fourth-order valence-corrected chi connectivity index (χ4v) is 4.85. The molecule has 5 aromatic carbocycles. The van der Waals surface area contributed by atoms with Crippen molar-refractivity contribution in [2.24, 2.45) is 0 Å². The summed E-state index contributed by atoms with van der Waals surface area (Å²) >= 11 is 0. The monoisotopic (exact) mass is 462 g/mol. The van der Waals surface area contributed by atoms with Crippen LogP contribution in [0.1, 0.15) is 0 Å². The summed E-state index contributed by atoms with van der Waals surface area (Å²) in [5.41, 5.74) is 7.60. The highest BCUT2D eigenvalue weighted by molar-refractivity contribution is 5.89. The topological polar surface area (TPSA) is 25.4 Å². The molecule has 0 aliphatic carbocycles. The first kappa shape index (κ1) is 20.5. The third kappa shape index (κ3) is 3.50. The van der Waals surface area contributed by atoms with Crippen LogP contribution in [0.3, 0.4) is 0 Å². The highest BCUT2D eigenvalue weighted by atomic mass is 16.5. The molecule has 0 amide bonds. The Bertz CT molecular complexity index is 1710. The molecule has 0 atom stereocenters. The van der Waals surface area contributed by atoms with E-state index in [0.717, 1.165) is 50.7 Å². The van der Waals surface area contributed by atoms with Crippen LogP contribution in [0.2, 0.25) is 0 Å². The third-order valence-corrected chi connectivity index (χ3v) is 6.66. The number of aromatic nitrogens is 1. The van der Waals surface area contributed by atoms with E-state index in [0.29, 0.717) is 0 Å². The Morgan fingerprint density at radius 1 is 0.472 bits per heavy atom. The Kier molecular flexibility index (Phi) is 4.78. The van der Waals surface area contributed by atoms with E-state index in [1.54, 1.807) is 0 Å². The Balaban J connectivity index is 1.31. The Hall–Kier alpha value is -4.89. The first-order chi connectivity index (χ1) is 17.8. The summed E-state index contributed by atoms with van der Waals surface area (Å²) in [7, 11) is 0. The predicted molar refractivity (Wildman–Crippen MR) is 147 cm³/mol. The van der Waals surface area contributed by atoms with E-state index in [9.17, 15) is 0 Å². The van der Waals surface area contributed by atoms with E-state index in [4.69, 9.17) is 9.72 Å². The molecule has 1 aliphatic rings. The quantitative estimate of drug-likeness (QED) is 0.262. The highest BCUT2D eigenvalue weighted by Gasteiger charge is 2.27. The SMILES string of the molecule is c1ccc(-c2ccc(-c3ccc4c(c3)Oc3ccccc3N4c3ccc4ccccc4n3)cc2)cc1. The van der Waals surface area contributed by atoms with E-state index < -0.39 is 0 Å². The molecule has 0 N–H and O–H groups in total. The number of anilines is 3. The zero-order valence-electron chi connectivity index (χ0n) is 19.5. The number of pyridine rings is 1. The minimum Gasteiger partial charge on any atom is -0.453 e. The maximum atomic E-state index is 6.40. The normalized spacial score (nSPS) is 12.1. The second-order valence-electron chi connectivity index (χ2n) is 8.89. The molecule has 170 valence electrons. The van der Waals surface area contributed by atoms with Gasteiger partial charge in [0.2, 0.25) is 0 Å². The molecular formula is C33H22N2O. The van der Waals surface area contributed by atoms with Gasteiger partial charge in [-0.3, -0.25) is 4.90 Å². The average Bonchev–Trinajstić information content (AvgIpc) is 2.96. The maximum Gasteiger partial charge on any atom is 0.152 e. The smallest absolute Gasteiger partial charge is 0.152 e. The number of hydrogen-bond acceptors (Lipinski definition) is 3. The van der Waals surface area contributed by atoms with E-state index in [1.165, 1.54) is 11.1 Å². The molecule has 36 heavy (non-hydrogen) atoms. The van der Waals surface area contributed by atoms with Crippen LogP contribution in [-0.2, 0) is 0 Å². The number of benzene rings is 5. The van der Waals surface area contributed by atoms with E-state index in [1.807, 2.05) is 42.5 Å². The van der Waals surface area contributed by atoms with Gasteiger partial charge in [-0.25, -0.2) is 4.98 Å². The van der Waals surface area contributed by atoms with Gasteiger partial charge in [0.15, 0.2) is 11.5 Å². The number of para-hydroxylation sites is 3. The molecule has 1 aromatic heterocycles. The summed E-state index contributed by atoms with van der Waals surface area (Å²) in [5, 5.41) is 1.12. The molecule has 0 unspecified atom stereocenters. The molecular weight excluding hydrogens is 440 g/mol. The first-order valence-electron chi connectivity index (χ1n) is 12.1. The lowest BCUT2D eigenvalue weighted by Crippen LogP contribution is -2.16. The Morgan fingerprint density at radius 3 is 1.97 bits per heavy atom. The summed E-state index contributed by atoms with van der Waals surface area (Å²) in [6.07, 6.45) is 0. The van der Waals surface area contributed by atoms with Gasteiger partial charge in [-0.15, -0.1) is 0 Å². The summed E-state index contributed by atoms with van der Waals surface area (Å²) in [4.78, 5) is 7.17. The second kappa shape index (κ2) is 8.40. The predicted octanol–water partition coefficient (Wildman–Crippen LogP) is 9.14. The molecule has 3 nitrogen and oxygen atoms in total. The van der Waals surface area contributed by atoms with Crippen molar-refractivity contribution in [2.45, 2.75) is 0 Å². The van der Waals surface area contributed by atoms with Crippen molar-refractivity contribution >= 4 is 28.1 Å². The van der Waals surface area contributed by atoms with Crippen molar-refractivity contribution in [1.29, 1.82) is 0 Å². The van der Waals surface area contributed by atoms with Crippen LogP contribution in [0, 0.1) is 0 Å². The minimum absolute atomic E-state index is 0.813. The number of nitrogens with zero attached hydrogens (tertiary/aromatic N) is 2. The van der Waals surface area contributed by atoms with Crippen LogP contribution in [0.15, 0.2) is 133 Å². The summed E-state index contributed by atoms with van der Waals surface area (Å²) in [6.45, 7) is 0. The third-order valence-electron chi connectivity index (χ3n) is 6.66. The number of fused-ring (bicyclic) bond motifs is 3. The number of ether oxygens (including phenoxy) is 1. The van der Waals surface area contributed by atoms with Gasteiger partial charge in [-0.05, 0) is 64.7 Å². The molecule has 0 fully saturated rings. The molecule has 0 spiro atoms. The zero-order valence-corrected chi connectivity index (χ0v) is 19.5. The van der Waals surface area contributed by atoms with Crippen molar-refractivity contribution in [3.05, 3.63) is 133 Å². The van der Waals surface area contributed by atoms with Gasteiger partial charge < -0.3 is 4.74 Å². The number of hydrogen-bond donors (Lipinski definition) is 0. The molecule has 7 rings (SSSR count). The van der Waals surface area contributed by atoms with E-state index in [2.05, 4.69) is 95.9 Å². The molecule has 0 radical (unpaired) electrons. The van der Waals surface area contributed by atoms with Crippen LogP contribution in [-0.4, -0.2) is 4.98 Å². The standard InChI is InChI=1S/C33H22N2O/c1-2-8-23(9-3-1)24-14-16-25(17-15-24)27-18-20-30-32(22-27)36-31-13-7-6-12-29(31)35(30)33-21-19-26-10-4-5-11-28(26)34-33/h1-22H. The average molecular weight is 463 g/mol. The van der Waals surface area contributed by atoms with Crippen molar-refractivity contribution in [2.75, 3.05) is 4.90 Å². The van der Waals surface area contributed by atoms with Gasteiger partial charge in [0.25, 0.3) is 0 Å². The second-order valence-corrected chi connectivity index (χ2v) is 8.89. The van der Waals surface area contributed by atoms with Crippen molar-refractivity contribution in [3.63, 3.8) is 0 Å². The largest absolute Gasteiger partial charge is 0.453 e. The summed E-state index contributed by atoms with van der Waals surface area (Å²) in [5.74, 6) is 2.50. The van der Waals surface area contributed by atoms with Gasteiger partial charge in [0.1, 0.15) is 5.82 Å². The van der Waals surface area contributed by atoms with Crippen molar-refractivity contribution in [1.82, 2.24) is 4.98 Å². The van der Waals surface area contributed by atoms with Gasteiger partial charge in [-0.2, -0.15) is 0 Å². The lowest BCUT2D eigenvalue weighted by Gasteiger charge is -2.32. The van der Waals surface area contributed by atoms with Crippen molar-refractivity contribution < 1.29 is 4.74 Å². The zero-order chi connectivity index (χ0) is 23.9. The molecule has 0 saturated heterocycles. The van der Waals surface area contributed by atoms with Crippen LogP contribution in [0.5, 0.6) is 11.5 Å². The maximum absolute atomic E-state index is 6.40. The molecule has 2 heterocycles. The van der Waals surface area contributed by atoms with Crippen molar-refractivity contribution in [3.8, 4) is 33.8 Å². The van der Waals surface area contributed by atoms with Gasteiger partial charge in [0, 0.05) is 5.39 Å². The van der Waals surface area contributed by atoms with E-state index in [-0.39, 0.29) is 0 Å². The fourth-order valence-electron chi connectivity index (χ4n) is 4.85. The first-order valence-corrected chi connectivity index (χ1v) is 12.1. The van der Waals surface area contributed by atoms with Gasteiger partial charge in [-0.1, -0.05) is 91.0 Å². The lowest BCUT2D eigenvalue weighted by molar-refractivity contribution is 0.477. The van der Waals surface area contributed by atoms with Gasteiger partial charge >= 0.3 is 0 Å². The van der Waals surface area contributed by atoms with E-state index >= 15 is 0 Å². The van der Waals surface area contributed by atoms with Crippen LogP contribution in [0.25, 0.3) is 33.2 Å². The minimum atomic E-state index is 0.813. The fraction of sp³-hybridized carbons (Fsp3) is 0. The molecule has 1 aliphatic heterocycles. The van der Waals surface area contributed by atoms with Gasteiger partial charge in [0.05, 0.1) is 16.9 Å². The Labute approximate surface area is 209 Å². The molecule has 0 bridgehead atoms. The molecule has 3 heteroatoms. The molecule has 6 aromatic rings. The lowest BCUT2D eigenvalue weighted by atomic mass is 9.99. The summed E-state index contributed by atoms with van der Waals surface area (Å²) < 4.78 is 6.40. The van der Waals surface area contributed by atoms with Crippen LogP contribution in [0.4, 0.5) is 17.2 Å². The number of rotatable bonds is 3. The molecule has 0 saturated carbocycles. The Morgan fingerprint density at radius 2 is 1.11 bits per heavy atom. The highest BCUT2D eigenvalue weighted by Crippen LogP contribution is 2.50. The van der Waals surface area contributed by atoms with Crippen LogP contribution >= 0.6 is 0 Å². The van der Waals surface area contributed by atoms with Crippen LogP contribution < -0.4 is 9.64 Å².